The van der Waals surface area contributed by atoms with Gasteiger partial charge in [0.2, 0.25) is 5.79 Å². The summed E-state index contributed by atoms with van der Waals surface area (Å²) < 4.78 is 36.1. The summed E-state index contributed by atoms with van der Waals surface area (Å²) in [6.07, 6.45) is 10.6. The van der Waals surface area contributed by atoms with Gasteiger partial charge in [0, 0.05) is 75.1 Å². The molecule has 1 aliphatic carbocycles. The number of cyclic esters (lactones) is 1. The number of ether oxygens (including phenoxy) is 6. The van der Waals surface area contributed by atoms with Crippen molar-refractivity contribution in [1.29, 1.82) is 0 Å². The molecule has 1 aromatic carbocycles. The molecule has 4 aliphatic rings. The Balaban J connectivity index is 1.43. The number of carbonyl (C=O) groups excluding carboxylic acids is 5. The summed E-state index contributed by atoms with van der Waals surface area (Å²) in [5.74, 6) is -8.20. The zero-order chi connectivity index (χ0) is 55.0. The molecule has 18 nitrogen and oxygen atoms in total. The van der Waals surface area contributed by atoms with E-state index in [-0.39, 0.29) is 55.0 Å². The van der Waals surface area contributed by atoms with Crippen molar-refractivity contribution >= 4 is 34.9 Å². The van der Waals surface area contributed by atoms with Gasteiger partial charge in [-0.1, -0.05) is 93.5 Å². The maximum absolute atomic E-state index is 14.5. The number of piperidine rings is 1. The van der Waals surface area contributed by atoms with Crippen LogP contribution in [0.4, 0.5) is 5.69 Å². The molecule has 1 saturated carbocycles. The van der Waals surface area contributed by atoms with Crippen LogP contribution in [0.3, 0.4) is 0 Å². The van der Waals surface area contributed by atoms with Gasteiger partial charge in [-0.3, -0.25) is 19.2 Å². The van der Waals surface area contributed by atoms with Crippen LogP contribution in [-0.2, 0) is 59.0 Å². The molecule has 15 atom stereocenters. The van der Waals surface area contributed by atoms with Gasteiger partial charge in [-0.2, -0.15) is 0 Å². The molecule has 0 aromatic heterocycles. The van der Waals surface area contributed by atoms with Gasteiger partial charge in [-0.15, -0.1) is 0 Å². The number of fused-ring (bicyclic) bond motifs is 3. The highest BCUT2D eigenvalue weighted by atomic mass is 16.6. The fourth-order valence-corrected chi connectivity index (χ4v) is 11.0. The molecule has 414 valence electrons. The molecule has 1 amide bonds. The topological polar surface area (TPSA) is 259 Å². The van der Waals surface area contributed by atoms with Crippen LogP contribution in [0.5, 0.6) is 0 Å². The quantitative estimate of drug-likeness (QED) is 0.0501. The number of aliphatic hydroxyl groups is 2. The number of nitrogens with two attached hydrogens (primary N) is 1. The third-order valence-electron chi connectivity index (χ3n) is 15.8. The predicted octanol–water partition coefficient (Wildman–Crippen LogP) is 8.04. The second-order valence-corrected chi connectivity index (χ2v) is 21.4. The fraction of sp³-hybridized carbons (Fsp3) is 0.667. The standard InChI is InChI=1S/C57H83N5O13/c1-34-15-11-10-12-16-35(2)48(70-7)31-43-24-18-39(6)57(69,75-43)54(66)55(67)62-26-14-13-17-45(62)56(68)74-49(32-46(63)36(3)28-38(5)52(65)53(72-9)51(64)37(4)27-34)44(58)29-41-21-25-47(50(30-41)71-8)73-33-40-19-22-42(23-20-40)60-61-59/h10-12,15-16,19-20,22-23,28,34,36-37,39,41,43-45,47-50,52-53,65,69H,13-14,17-18,21,24-27,29-33,58H2,1-9H3/b12-10?,15-11+,35-16?,38-28+/t34-,36-,37-,39-,41+,43+,44-,45+,47-,48+,49+,50-,52-,53+,57-/m1/s1. The lowest BCUT2D eigenvalue weighted by molar-refractivity contribution is -0.265. The number of nitrogens with zero attached hydrogens (tertiary/aromatic N) is 4. The molecule has 2 saturated heterocycles. The lowest BCUT2D eigenvalue weighted by Gasteiger charge is -2.42. The number of methoxy groups -OCH3 is 3. The molecule has 4 N–H and O–H groups in total. The molecule has 3 aliphatic heterocycles. The Labute approximate surface area is 443 Å². The number of aliphatic hydroxyl groups excluding tert-OH is 1. The number of esters is 1. The molecule has 3 fully saturated rings. The van der Waals surface area contributed by atoms with Crippen molar-refractivity contribution in [3.8, 4) is 0 Å². The van der Waals surface area contributed by atoms with Crippen molar-refractivity contribution in [2.45, 2.75) is 186 Å². The highest BCUT2D eigenvalue weighted by Crippen LogP contribution is 2.38. The third-order valence-corrected chi connectivity index (χ3v) is 15.8. The van der Waals surface area contributed by atoms with Gasteiger partial charge in [0.15, 0.2) is 5.78 Å². The van der Waals surface area contributed by atoms with Gasteiger partial charge in [0.1, 0.15) is 30.1 Å². The smallest absolute Gasteiger partial charge is 0.329 e. The Morgan fingerprint density at radius 1 is 0.880 bits per heavy atom. The SMILES string of the molecule is CO[C@H]1C[C@@H]2CC[C@@H](C)[C@@](O)(O2)C(=O)C(=O)N2CCCC[C@H]2C(=O)O[C@H]([C@H](N)C[C@@H]2CC[C@@H](OCc3ccc(N=[N+]=[N-])cc3)[C@H](OC)C2)CC(=O)[C@H](C)/C=C(\C)[C@@H](O)[C@@H](OC)C(=O)[C@H](C)C[C@H](C)/C=C/C=CC=C1C. The van der Waals surface area contributed by atoms with Crippen LogP contribution in [0.15, 0.2) is 77.0 Å². The van der Waals surface area contributed by atoms with Crippen molar-refractivity contribution in [3.63, 3.8) is 0 Å². The summed E-state index contributed by atoms with van der Waals surface area (Å²) >= 11 is 0. The largest absolute Gasteiger partial charge is 0.459 e. The minimum absolute atomic E-state index is 0.00253. The molecule has 18 heteroatoms. The van der Waals surface area contributed by atoms with E-state index in [9.17, 15) is 34.2 Å². The van der Waals surface area contributed by atoms with Gasteiger partial charge in [-0.05, 0) is 112 Å². The van der Waals surface area contributed by atoms with Crippen molar-refractivity contribution in [3.05, 3.63) is 87.9 Å². The van der Waals surface area contributed by atoms with Crippen molar-refractivity contribution in [1.82, 2.24) is 4.90 Å². The Morgan fingerprint density at radius 3 is 2.29 bits per heavy atom. The first-order valence-corrected chi connectivity index (χ1v) is 26.7. The number of carbonyl (C=O) groups is 5. The van der Waals surface area contributed by atoms with E-state index in [4.69, 9.17) is 39.7 Å². The number of benzene rings is 1. The fourth-order valence-electron chi connectivity index (χ4n) is 11.0. The van der Waals surface area contributed by atoms with Crippen LogP contribution in [0.25, 0.3) is 10.4 Å². The van der Waals surface area contributed by atoms with Crippen LogP contribution in [0, 0.1) is 29.6 Å². The number of hydrogen-bond donors (Lipinski definition) is 3. The van der Waals surface area contributed by atoms with Crippen LogP contribution < -0.4 is 5.73 Å². The number of amides is 1. The van der Waals surface area contributed by atoms with E-state index in [1.165, 1.54) is 7.11 Å². The molecule has 0 unspecified atom stereocenters. The number of Topliss-reactive ketones (excluding diaryl/α,β-unsaturated/α-hetero) is 3. The van der Waals surface area contributed by atoms with Crippen LogP contribution >= 0.6 is 0 Å². The van der Waals surface area contributed by atoms with Gasteiger partial charge in [0.05, 0.1) is 31.0 Å². The normalized spacial score (nSPS) is 35.3. The predicted molar refractivity (Wildman–Crippen MR) is 282 cm³/mol. The summed E-state index contributed by atoms with van der Waals surface area (Å²) in [5, 5.41) is 27.2. The molecule has 75 heavy (non-hydrogen) atoms. The number of ketones is 3. The molecule has 3 heterocycles. The average molecular weight is 1050 g/mol. The number of allylic oxidation sites excluding steroid dienone is 6. The second kappa shape index (κ2) is 29.0. The summed E-state index contributed by atoms with van der Waals surface area (Å²) in [6.45, 7) is 11.0. The summed E-state index contributed by atoms with van der Waals surface area (Å²) in [4.78, 5) is 75.3. The van der Waals surface area contributed by atoms with E-state index in [1.54, 1.807) is 60.1 Å². The first-order chi connectivity index (χ1) is 35.7. The van der Waals surface area contributed by atoms with Gasteiger partial charge in [-0.25, -0.2) is 4.79 Å². The summed E-state index contributed by atoms with van der Waals surface area (Å²) in [7, 11) is 4.55. The third kappa shape index (κ3) is 16.6. The van der Waals surface area contributed by atoms with E-state index in [2.05, 4.69) is 10.0 Å². The minimum atomic E-state index is -2.47. The van der Waals surface area contributed by atoms with Crippen LogP contribution in [0.2, 0.25) is 0 Å². The van der Waals surface area contributed by atoms with Crippen LogP contribution in [0.1, 0.15) is 124 Å². The van der Waals surface area contributed by atoms with E-state index >= 15 is 0 Å². The van der Waals surface area contributed by atoms with Gasteiger partial charge < -0.3 is 49.3 Å². The Hall–Kier alpha value is -4.88. The first kappa shape index (κ1) is 61.0. The highest BCUT2D eigenvalue weighted by molar-refractivity contribution is 6.39. The molecular weight excluding hydrogens is 963 g/mol. The summed E-state index contributed by atoms with van der Waals surface area (Å²) in [6, 6.07) is 5.03. The van der Waals surface area contributed by atoms with Crippen molar-refractivity contribution in [2.24, 2.45) is 40.4 Å². The maximum atomic E-state index is 14.5. The summed E-state index contributed by atoms with van der Waals surface area (Å²) in [5.41, 5.74) is 18.4. The first-order valence-electron chi connectivity index (χ1n) is 26.7. The zero-order valence-corrected chi connectivity index (χ0v) is 45.5. The zero-order valence-electron chi connectivity index (χ0n) is 45.5. The lowest BCUT2D eigenvalue weighted by atomic mass is 9.80. The molecular formula is C57H83N5O13. The van der Waals surface area contributed by atoms with E-state index in [0.29, 0.717) is 82.1 Å². The molecule has 1 aromatic rings. The number of rotatable bonds is 10. The Bertz CT molecular complexity index is 2280. The minimum Gasteiger partial charge on any atom is -0.459 e. The molecule has 5 rings (SSSR count). The average Bonchev–Trinajstić information content (AvgIpc) is 3.39. The van der Waals surface area contributed by atoms with Crippen molar-refractivity contribution in [2.75, 3.05) is 27.9 Å². The molecule has 0 spiro atoms. The second-order valence-electron chi connectivity index (χ2n) is 21.4. The van der Waals surface area contributed by atoms with Crippen molar-refractivity contribution < 1.29 is 62.6 Å². The van der Waals surface area contributed by atoms with Crippen LogP contribution in [-0.4, -0.2) is 133 Å². The lowest BCUT2D eigenvalue weighted by Crippen LogP contribution is -2.61. The number of azide groups is 1. The maximum Gasteiger partial charge on any atom is 0.329 e. The molecule has 0 radical (unpaired) electrons. The Morgan fingerprint density at radius 2 is 1.61 bits per heavy atom. The Kier molecular flexibility index (Phi) is 23.6. The highest BCUT2D eigenvalue weighted by Gasteiger charge is 2.53. The van der Waals surface area contributed by atoms with Gasteiger partial charge in [0.25, 0.3) is 11.7 Å². The van der Waals surface area contributed by atoms with E-state index < -0.39 is 83.8 Å². The van der Waals surface area contributed by atoms with E-state index in [0.717, 1.165) is 16.0 Å². The van der Waals surface area contributed by atoms with Gasteiger partial charge >= 0.3 is 5.97 Å². The molecule has 2 bridgehead atoms. The number of hydrogen-bond acceptors (Lipinski definition) is 15. The monoisotopic (exact) mass is 1050 g/mol. The van der Waals surface area contributed by atoms with E-state index in [1.807, 2.05) is 56.4 Å².